The van der Waals surface area contributed by atoms with E-state index in [1.807, 2.05) is 32.0 Å². The summed E-state index contributed by atoms with van der Waals surface area (Å²) in [4.78, 5) is 4.48. The first kappa shape index (κ1) is 22.0. The molecule has 0 unspecified atom stereocenters. The van der Waals surface area contributed by atoms with Gasteiger partial charge in [0.25, 0.3) is 0 Å². The number of para-hydroxylation sites is 1. The van der Waals surface area contributed by atoms with Gasteiger partial charge in [0.05, 0.1) is 19.8 Å². The number of benzene rings is 1. The van der Waals surface area contributed by atoms with Crippen molar-refractivity contribution in [2.24, 2.45) is 4.99 Å². The van der Waals surface area contributed by atoms with Crippen LogP contribution in [0.2, 0.25) is 0 Å². The second-order valence-corrected chi connectivity index (χ2v) is 4.68. The van der Waals surface area contributed by atoms with Crippen LogP contribution in [0.4, 0.5) is 0 Å². The highest BCUT2D eigenvalue weighted by molar-refractivity contribution is 14.0. The fraction of sp³-hybridized carbons (Fsp3) is 0.588. The van der Waals surface area contributed by atoms with Gasteiger partial charge < -0.3 is 20.1 Å². The maximum absolute atomic E-state index is 5.64. The average molecular weight is 435 g/mol. The highest BCUT2D eigenvalue weighted by Gasteiger charge is 2.03. The molecule has 0 saturated carbocycles. The maximum Gasteiger partial charge on any atom is 0.191 e. The standard InChI is InChI=1S/C17H29N3O2.HI/c1-4-18-17(20-13-14-21-5-2)19-12-11-15-9-7-8-10-16(15)22-6-3;/h7-10H,4-6,11-14H2,1-3H3,(H2,18,19,20);1H. The molecule has 1 aromatic rings. The minimum atomic E-state index is 0. The summed E-state index contributed by atoms with van der Waals surface area (Å²) >= 11 is 0. The van der Waals surface area contributed by atoms with E-state index in [9.17, 15) is 0 Å². The van der Waals surface area contributed by atoms with E-state index in [4.69, 9.17) is 9.47 Å². The Morgan fingerprint density at radius 2 is 1.87 bits per heavy atom. The minimum Gasteiger partial charge on any atom is -0.494 e. The molecular formula is C17H30IN3O2. The van der Waals surface area contributed by atoms with Crippen LogP contribution in [0.5, 0.6) is 5.75 Å². The second-order valence-electron chi connectivity index (χ2n) is 4.68. The zero-order chi connectivity index (χ0) is 16.0. The minimum absolute atomic E-state index is 0. The second kappa shape index (κ2) is 14.6. The summed E-state index contributed by atoms with van der Waals surface area (Å²) in [5, 5.41) is 6.58. The SMILES string of the molecule is CCNC(=NCCOCC)NCCc1ccccc1OCC.I. The maximum atomic E-state index is 5.64. The van der Waals surface area contributed by atoms with Crippen LogP contribution in [0, 0.1) is 0 Å². The molecule has 5 nitrogen and oxygen atoms in total. The first-order chi connectivity index (χ1) is 10.8. The zero-order valence-corrected chi connectivity index (χ0v) is 16.8. The van der Waals surface area contributed by atoms with E-state index in [0.29, 0.717) is 19.8 Å². The van der Waals surface area contributed by atoms with Crippen molar-refractivity contribution >= 4 is 29.9 Å². The van der Waals surface area contributed by atoms with E-state index in [2.05, 4.69) is 28.6 Å². The lowest BCUT2D eigenvalue weighted by Gasteiger charge is -2.13. The van der Waals surface area contributed by atoms with E-state index in [-0.39, 0.29) is 24.0 Å². The fourth-order valence-corrected chi connectivity index (χ4v) is 2.03. The number of halogens is 1. The van der Waals surface area contributed by atoms with Gasteiger partial charge in [-0.3, -0.25) is 4.99 Å². The van der Waals surface area contributed by atoms with E-state index in [0.717, 1.165) is 37.8 Å². The van der Waals surface area contributed by atoms with Crippen molar-refractivity contribution in [3.05, 3.63) is 29.8 Å². The Morgan fingerprint density at radius 3 is 2.57 bits per heavy atom. The van der Waals surface area contributed by atoms with E-state index in [1.165, 1.54) is 5.56 Å². The largest absolute Gasteiger partial charge is 0.494 e. The lowest BCUT2D eigenvalue weighted by atomic mass is 10.1. The normalized spacial score (nSPS) is 10.8. The smallest absolute Gasteiger partial charge is 0.191 e. The molecule has 0 aliphatic carbocycles. The van der Waals surface area contributed by atoms with Crippen molar-refractivity contribution in [3.8, 4) is 5.75 Å². The molecule has 0 radical (unpaired) electrons. The van der Waals surface area contributed by atoms with Crippen LogP contribution in [0.1, 0.15) is 26.3 Å². The van der Waals surface area contributed by atoms with Crippen LogP contribution in [0.15, 0.2) is 29.3 Å². The van der Waals surface area contributed by atoms with Gasteiger partial charge in [-0.1, -0.05) is 18.2 Å². The third-order valence-electron chi connectivity index (χ3n) is 3.01. The molecule has 23 heavy (non-hydrogen) atoms. The number of aliphatic imine (C=N–C) groups is 1. The molecule has 2 N–H and O–H groups in total. The monoisotopic (exact) mass is 435 g/mol. The van der Waals surface area contributed by atoms with E-state index in [1.54, 1.807) is 0 Å². The number of ether oxygens (including phenoxy) is 2. The van der Waals surface area contributed by atoms with Crippen molar-refractivity contribution in [1.82, 2.24) is 10.6 Å². The number of nitrogens with one attached hydrogen (secondary N) is 2. The molecular weight excluding hydrogens is 405 g/mol. The molecule has 0 aliphatic heterocycles. The number of nitrogens with zero attached hydrogens (tertiary/aromatic N) is 1. The lowest BCUT2D eigenvalue weighted by Crippen LogP contribution is -2.38. The highest BCUT2D eigenvalue weighted by Crippen LogP contribution is 2.17. The number of guanidine groups is 1. The molecule has 0 spiro atoms. The molecule has 1 aromatic carbocycles. The van der Waals surface area contributed by atoms with Crippen molar-refractivity contribution in [2.45, 2.75) is 27.2 Å². The summed E-state index contributed by atoms with van der Waals surface area (Å²) in [7, 11) is 0. The van der Waals surface area contributed by atoms with Gasteiger partial charge in [0, 0.05) is 19.7 Å². The summed E-state index contributed by atoms with van der Waals surface area (Å²) in [6, 6.07) is 8.16. The van der Waals surface area contributed by atoms with Crippen molar-refractivity contribution in [2.75, 3.05) is 39.5 Å². The molecule has 0 amide bonds. The van der Waals surface area contributed by atoms with Gasteiger partial charge in [0.2, 0.25) is 0 Å². The molecule has 0 bridgehead atoms. The molecule has 0 heterocycles. The third kappa shape index (κ3) is 9.65. The molecule has 6 heteroatoms. The summed E-state index contributed by atoms with van der Waals surface area (Å²) < 4.78 is 10.9. The van der Waals surface area contributed by atoms with Crippen LogP contribution in [0.25, 0.3) is 0 Å². The third-order valence-corrected chi connectivity index (χ3v) is 3.01. The van der Waals surface area contributed by atoms with Crippen LogP contribution in [0.3, 0.4) is 0 Å². The summed E-state index contributed by atoms with van der Waals surface area (Å²) in [6.07, 6.45) is 0.895. The summed E-state index contributed by atoms with van der Waals surface area (Å²) in [6.45, 7) is 10.4. The van der Waals surface area contributed by atoms with Crippen LogP contribution < -0.4 is 15.4 Å². The topological polar surface area (TPSA) is 54.9 Å². The van der Waals surface area contributed by atoms with Gasteiger partial charge in [-0.25, -0.2) is 0 Å². The van der Waals surface area contributed by atoms with Gasteiger partial charge in [-0.15, -0.1) is 24.0 Å². The van der Waals surface area contributed by atoms with Gasteiger partial charge in [0.15, 0.2) is 5.96 Å². The predicted octanol–water partition coefficient (Wildman–Crippen LogP) is 2.84. The Kier molecular flexibility index (Phi) is 13.9. The summed E-state index contributed by atoms with van der Waals surface area (Å²) in [5.74, 6) is 1.79. The molecule has 0 saturated heterocycles. The fourth-order valence-electron chi connectivity index (χ4n) is 2.03. The Bertz CT molecular complexity index is 442. The van der Waals surface area contributed by atoms with Gasteiger partial charge >= 0.3 is 0 Å². The first-order valence-electron chi connectivity index (χ1n) is 8.12. The van der Waals surface area contributed by atoms with Crippen LogP contribution >= 0.6 is 24.0 Å². The predicted molar refractivity (Wildman–Crippen MR) is 107 cm³/mol. The average Bonchev–Trinajstić information content (AvgIpc) is 2.53. The molecule has 0 aliphatic rings. The summed E-state index contributed by atoms with van der Waals surface area (Å²) in [5.41, 5.74) is 1.21. The molecule has 132 valence electrons. The number of hydrogen-bond donors (Lipinski definition) is 2. The Balaban J connectivity index is 0.00000484. The van der Waals surface area contributed by atoms with Crippen molar-refractivity contribution in [3.63, 3.8) is 0 Å². The number of rotatable bonds is 10. The van der Waals surface area contributed by atoms with Crippen molar-refractivity contribution < 1.29 is 9.47 Å². The molecule has 0 aromatic heterocycles. The first-order valence-corrected chi connectivity index (χ1v) is 8.12. The van der Waals surface area contributed by atoms with Crippen LogP contribution in [-0.4, -0.2) is 45.4 Å². The lowest BCUT2D eigenvalue weighted by molar-refractivity contribution is 0.155. The molecule has 0 atom stereocenters. The number of hydrogen-bond acceptors (Lipinski definition) is 3. The molecule has 1 rings (SSSR count). The van der Waals surface area contributed by atoms with Crippen molar-refractivity contribution in [1.29, 1.82) is 0 Å². The quantitative estimate of drug-likeness (QED) is 0.257. The van der Waals surface area contributed by atoms with Gasteiger partial charge in [0.1, 0.15) is 5.75 Å². The Hall–Kier alpha value is -1.02. The van der Waals surface area contributed by atoms with Gasteiger partial charge in [-0.05, 0) is 38.8 Å². The van der Waals surface area contributed by atoms with E-state index >= 15 is 0 Å². The molecule has 0 fully saturated rings. The van der Waals surface area contributed by atoms with E-state index < -0.39 is 0 Å². The Labute approximate surface area is 157 Å². The van der Waals surface area contributed by atoms with Crippen LogP contribution in [-0.2, 0) is 11.2 Å². The Morgan fingerprint density at radius 1 is 1.09 bits per heavy atom. The highest BCUT2D eigenvalue weighted by atomic mass is 127. The van der Waals surface area contributed by atoms with Gasteiger partial charge in [-0.2, -0.15) is 0 Å². The zero-order valence-electron chi connectivity index (χ0n) is 14.4.